The third-order valence-corrected chi connectivity index (χ3v) is 6.55. The van der Waals surface area contributed by atoms with E-state index in [1.54, 1.807) is 17.1 Å². The van der Waals surface area contributed by atoms with Crippen LogP contribution in [0, 0.1) is 0 Å². The van der Waals surface area contributed by atoms with Crippen LogP contribution in [0.25, 0.3) is 16.3 Å². The highest BCUT2D eigenvalue weighted by atomic mass is 32.1. The molecule has 2 heterocycles. The van der Waals surface area contributed by atoms with E-state index in [2.05, 4.69) is 18.7 Å². The predicted molar refractivity (Wildman–Crippen MR) is 133 cm³/mol. The molecule has 8 heteroatoms. The summed E-state index contributed by atoms with van der Waals surface area (Å²) < 4.78 is 17.4. The topological polar surface area (TPSA) is 64.1 Å². The van der Waals surface area contributed by atoms with Gasteiger partial charge in [-0.05, 0) is 62.0 Å². The molecule has 7 nitrogen and oxygen atoms in total. The van der Waals surface area contributed by atoms with E-state index in [1.807, 2.05) is 43.3 Å². The zero-order chi connectivity index (χ0) is 23.2. The average Bonchev–Trinajstić information content (AvgIpc) is 3.46. The number of anilines is 1. The van der Waals surface area contributed by atoms with E-state index in [-0.39, 0.29) is 12.7 Å². The first-order chi connectivity index (χ1) is 16.1. The molecule has 1 aromatic heterocycles. The number of hydrogen-bond acceptors (Lipinski definition) is 7. The lowest BCUT2D eigenvalue weighted by Crippen LogP contribution is -2.38. The molecule has 0 bridgehead atoms. The van der Waals surface area contributed by atoms with Crippen LogP contribution >= 0.6 is 11.3 Å². The Hall–Kier alpha value is -3.10. The lowest BCUT2D eigenvalue weighted by molar-refractivity contribution is -0.114. The van der Waals surface area contributed by atoms with Gasteiger partial charge in [0.25, 0.3) is 5.91 Å². The molecule has 0 aliphatic carbocycles. The van der Waals surface area contributed by atoms with Gasteiger partial charge in [-0.2, -0.15) is 0 Å². The number of amides is 1. The second-order valence-electron chi connectivity index (χ2n) is 7.52. The van der Waals surface area contributed by atoms with E-state index in [1.165, 1.54) is 11.3 Å². The summed E-state index contributed by atoms with van der Waals surface area (Å²) in [6.07, 6.45) is 3.40. The van der Waals surface area contributed by atoms with E-state index >= 15 is 0 Å². The fraction of sp³-hybridized carbons (Fsp3) is 0.360. The van der Waals surface area contributed by atoms with Crippen LogP contribution in [0.1, 0.15) is 26.3 Å². The number of aromatic nitrogens is 1. The van der Waals surface area contributed by atoms with Gasteiger partial charge in [0.15, 0.2) is 16.6 Å². The highest BCUT2D eigenvalue weighted by Crippen LogP contribution is 2.33. The summed E-state index contributed by atoms with van der Waals surface area (Å²) >= 11 is 1.50. The van der Waals surface area contributed by atoms with Crippen molar-refractivity contribution in [2.45, 2.75) is 20.8 Å². The standard InChI is InChI=1S/C25H29N3O4S/c1-4-27(5-2)13-14-28(25-26-20-10-9-19(30-6-3)16-23(20)33-25)24(29)12-8-18-7-11-21-22(15-18)32-17-31-21/h7-12,15-16H,4-6,13-14,17H2,1-3H3. The van der Waals surface area contributed by atoms with Gasteiger partial charge >= 0.3 is 0 Å². The summed E-state index contributed by atoms with van der Waals surface area (Å²) in [5.74, 6) is 2.12. The molecule has 0 radical (unpaired) electrons. The molecule has 0 N–H and O–H groups in total. The lowest BCUT2D eigenvalue weighted by atomic mass is 10.2. The molecule has 33 heavy (non-hydrogen) atoms. The van der Waals surface area contributed by atoms with Gasteiger partial charge in [-0.1, -0.05) is 31.3 Å². The SMILES string of the molecule is CCOc1ccc2nc(N(CCN(CC)CC)C(=O)C=Cc3ccc4c(c3)OCO4)sc2c1. The Morgan fingerprint density at radius 3 is 2.70 bits per heavy atom. The number of likely N-dealkylation sites (N-methyl/N-ethyl adjacent to an activating group) is 1. The van der Waals surface area contributed by atoms with E-state index in [4.69, 9.17) is 19.2 Å². The Labute approximate surface area is 198 Å². The van der Waals surface area contributed by atoms with Crippen LogP contribution in [0.15, 0.2) is 42.5 Å². The Balaban J connectivity index is 1.58. The average molecular weight is 468 g/mol. The van der Waals surface area contributed by atoms with E-state index < -0.39 is 0 Å². The van der Waals surface area contributed by atoms with Gasteiger partial charge in [-0.15, -0.1) is 0 Å². The van der Waals surface area contributed by atoms with Gasteiger partial charge in [-0.25, -0.2) is 4.98 Å². The van der Waals surface area contributed by atoms with Crippen molar-refractivity contribution in [2.75, 3.05) is 44.5 Å². The van der Waals surface area contributed by atoms with Gasteiger partial charge in [0.1, 0.15) is 5.75 Å². The Morgan fingerprint density at radius 1 is 1.09 bits per heavy atom. The van der Waals surface area contributed by atoms with Crippen molar-refractivity contribution < 1.29 is 19.0 Å². The summed E-state index contributed by atoms with van der Waals surface area (Å²) in [5.41, 5.74) is 1.74. The van der Waals surface area contributed by atoms with Crippen LogP contribution in [-0.2, 0) is 4.79 Å². The first-order valence-electron chi connectivity index (χ1n) is 11.3. The van der Waals surface area contributed by atoms with Crippen LogP contribution < -0.4 is 19.1 Å². The molecular weight excluding hydrogens is 438 g/mol. The quantitative estimate of drug-likeness (QED) is 0.399. The van der Waals surface area contributed by atoms with Crippen molar-refractivity contribution in [3.8, 4) is 17.2 Å². The van der Waals surface area contributed by atoms with Crippen LogP contribution in [0.4, 0.5) is 5.13 Å². The Bertz CT molecular complexity index is 1140. The van der Waals surface area contributed by atoms with E-state index in [9.17, 15) is 4.79 Å². The summed E-state index contributed by atoms with van der Waals surface area (Å²) in [5, 5.41) is 0.686. The van der Waals surface area contributed by atoms with Crippen molar-refractivity contribution in [1.29, 1.82) is 0 Å². The normalized spacial score (nSPS) is 12.7. The fourth-order valence-corrected chi connectivity index (χ4v) is 4.65. The minimum Gasteiger partial charge on any atom is -0.494 e. The first kappa shape index (κ1) is 23.1. The van der Waals surface area contributed by atoms with E-state index in [0.29, 0.717) is 24.0 Å². The minimum absolute atomic E-state index is 0.107. The number of fused-ring (bicyclic) bond motifs is 2. The molecule has 1 aliphatic rings. The molecule has 4 rings (SSSR count). The van der Waals surface area contributed by atoms with Crippen LogP contribution in [0.3, 0.4) is 0 Å². The maximum Gasteiger partial charge on any atom is 0.252 e. The van der Waals surface area contributed by atoms with Gasteiger partial charge < -0.3 is 19.1 Å². The molecule has 174 valence electrons. The highest BCUT2D eigenvalue weighted by Gasteiger charge is 2.19. The Morgan fingerprint density at radius 2 is 1.91 bits per heavy atom. The van der Waals surface area contributed by atoms with Crippen LogP contribution in [0.5, 0.6) is 17.2 Å². The second-order valence-corrected chi connectivity index (χ2v) is 8.53. The number of rotatable bonds is 10. The first-order valence-corrected chi connectivity index (χ1v) is 12.1. The smallest absolute Gasteiger partial charge is 0.252 e. The monoisotopic (exact) mass is 467 g/mol. The second kappa shape index (κ2) is 10.7. The molecule has 0 saturated heterocycles. The molecule has 0 fully saturated rings. The molecule has 3 aromatic rings. The minimum atomic E-state index is -0.107. The van der Waals surface area contributed by atoms with Crippen molar-refractivity contribution in [2.24, 2.45) is 0 Å². The van der Waals surface area contributed by atoms with Crippen LogP contribution in [-0.4, -0.2) is 55.4 Å². The molecule has 1 amide bonds. The molecule has 0 atom stereocenters. The van der Waals surface area contributed by atoms with Crippen molar-refractivity contribution in [1.82, 2.24) is 9.88 Å². The fourth-order valence-electron chi connectivity index (χ4n) is 3.62. The van der Waals surface area contributed by atoms with Crippen molar-refractivity contribution >= 4 is 38.7 Å². The van der Waals surface area contributed by atoms with Gasteiger partial charge in [0, 0.05) is 19.2 Å². The van der Waals surface area contributed by atoms with Gasteiger partial charge in [-0.3, -0.25) is 9.69 Å². The number of benzene rings is 2. The Kier molecular flexibility index (Phi) is 7.47. The number of thiazole rings is 1. The molecule has 0 unspecified atom stereocenters. The maximum absolute atomic E-state index is 13.3. The van der Waals surface area contributed by atoms with Crippen molar-refractivity contribution in [3.05, 3.63) is 48.0 Å². The van der Waals surface area contributed by atoms with Gasteiger partial charge in [0.2, 0.25) is 6.79 Å². The summed E-state index contributed by atoms with van der Waals surface area (Å²) in [6, 6.07) is 11.5. The maximum atomic E-state index is 13.3. The molecular formula is C25H29N3O4S. The highest BCUT2D eigenvalue weighted by molar-refractivity contribution is 7.22. The summed E-state index contributed by atoms with van der Waals surface area (Å²) in [6.45, 7) is 10.2. The number of carbonyl (C=O) groups is 1. The third-order valence-electron chi connectivity index (χ3n) is 5.51. The number of carbonyl (C=O) groups excluding carboxylic acids is 1. The van der Waals surface area contributed by atoms with Crippen LogP contribution in [0.2, 0.25) is 0 Å². The largest absolute Gasteiger partial charge is 0.494 e. The predicted octanol–water partition coefficient (Wildman–Crippen LogP) is 4.81. The summed E-state index contributed by atoms with van der Waals surface area (Å²) in [4.78, 5) is 22.1. The zero-order valence-corrected chi connectivity index (χ0v) is 20.1. The summed E-state index contributed by atoms with van der Waals surface area (Å²) in [7, 11) is 0. The number of nitrogens with zero attached hydrogens (tertiary/aromatic N) is 3. The number of ether oxygens (including phenoxy) is 3. The van der Waals surface area contributed by atoms with Crippen molar-refractivity contribution in [3.63, 3.8) is 0 Å². The molecule has 0 saturated carbocycles. The third kappa shape index (κ3) is 5.46. The molecule has 2 aromatic carbocycles. The lowest BCUT2D eigenvalue weighted by Gasteiger charge is -2.23. The number of hydrogen-bond donors (Lipinski definition) is 0. The van der Waals surface area contributed by atoms with E-state index in [0.717, 1.165) is 46.9 Å². The molecule has 1 aliphatic heterocycles. The molecule has 0 spiro atoms. The zero-order valence-electron chi connectivity index (χ0n) is 19.2. The van der Waals surface area contributed by atoms with Gasteiger partial charge in [0.05, 0.1) is 16.8 Å².